The van der Waals surface area contributed by atoms with Gasteiger partial charge in [0.2, 0.25) is 0 Å². The van der Waals surface area contributed by atoms with Crippen molar-refractivity contribution in [1.82, 2.24) is 5.32 Å². The number of carbonyl (C=O) groups excluding carboxylic acids is 3. The number of carbonyl (C=O) groups is 3. The minimum absolute atomic E-state index is 0.0354. The molecular formula is C28H35NO7. The summed E-state index contributed by atoms with van der Waals surface area (Å²) in [6.45, 7) is 5.80. The van der Waals surface area contributed by atoms with Gasteiger partial charge < -0.3 is 24.6 Å². The number of ketones is 1. The summed E-state index contributed by atoms with van der Waals surface area (Å²) in [5.74, 6) is -3.21. The summed E-state index contributed by atoms with van der Waals surface area (Å²) in [6.07, 6.45) is 5.09. The lowest BCUT2D eigenvalue weighted by molar-refractivity contribution is -0.151. The molecule has 3 aliphatic rings. The van der Waals surface area contributed by atoms with E-state index in [9.17, 15) is 19.5 Å². The summed E-state index contributed by atoms with van der Waals surface area (Å²) < 4.78 is 16.5. The van der Waals surface area contributed by atoms with Crippen molar-refractivity contribution in [2.24, 2.45) is 11.8 Å². The third-order valence-corrected chi connectivity index (χ3v) is 7.41. The number of nitrogens with one attached hydrogen (secondary N) is 1. The number of aromatic hydroxyl groups is 1. The number of phenols is 1. The van der Waals surface area contributed by atoms with Gasteiger partial charge in [-0.25, -0.2) is 4.79 Å². The Balaban J connectivity index is 1.82. The minimum Gasteiger partial charge on any atom is -0.504 e. The molecule has 1 fully saturated rings. The number of dihydropyridines is 1. The van der Waals surface area contributed by atoms with Gasteiger partial charge in [0, 0.05) is 22.9 Å². The van der Waals surface area contributed by atoms with E-state index in [1.165, 1.54) is 13.2 Å². The monoisotopic (exact) mass is 497 g/mol. The van der Waals surface area contributed by atoms with Crippen LogP contribution in [0.5, 0.6) is 11.5 Å². The molecule has 194 valence electrons. The van der Waals surface area contributed by atoms with Crippen molar-refractivity contribution in [1.29, 1.82) is 0 Å². The molecule has 0 amide bonds. The Hall–Kier alpha value is -3.29. The number of allylic oxidation sites excluding steroid dienone is 3. The van der Waals surface area contributed by atoms with Crippen molar-refractivity contribution in [2.45, 2.75) is 71.3 Å². The number of esters is 2. The summed E-state index contributed by atoms with van der Waals surface area (Å²) in [5.41, 5.74) is 2.60. The lowest BCUT2D eigenvalue weighted by atomic mass is 9.69. The van der Waals surface area contributed by atoms with Gasteiger partial charge in [0.05, 0.1) is 19.3 Å². The van der Waals surface area contributed by atoms with Crippen LogP contribution in [-0.4, -0.2) is 42.6 Å². The Morgan fingerprint density at radius 3 is 2.56 bits per heavy atom. The predicted molar refractivity (Wildman–Crippen MR) is 132 cm³/mol. The van der Waals surface area contributed by atoms with Crippen LogP contribution in [-0.2, 0) is 23.9 Å². The molecule has 1 saturated carbocycles. The molecule has 2 aliphatic carbocycles. The number of benzene rings is 1. The molecule has 2 N–H and O–H groups in total. The Morgan fingerprint density at radius 1 is 1.17 bits per heavy atom. The Labute approximate surface area is 211 Å². The number of methoxy groups -OCH3 is 1. The Bertz CT molecular complexity index is 1110. The van der Waals surface area contributed by atoms with Crippen LogP contribution in [0.15, 0.2) is 40.7 Å². The first-order chi connectivity index (χ1) is 17.3. The largest absolute Gasteiger partial charge is 0.504 e. The SMILES string of the molecule is CCOc1cc([C@H]2C(C(=O)OC3CCCCC3)=C(C)NC3=C2C(=O)[C@H](C(=O)OC)[C@@H](C)C3)ccc1O. The highest BCUT2D eigenvalue weighted by Crippen LogP contribution is 2.47. The van der Waals surface area contributed by atoms with Crippen molar-refractivity contribution in [3.8, 4) is 11.5 Å². The molecule has 8 heteroatoms. The van der Waals surface area contributed by atoms with Gasteiger partial charge in [0.15, 0.2) is 17.3 Å². The van der Waals surface area contributed by atoms with Crippen LogP contribution in [0.25, 0.3) is 0 Å². The molecule has 0 spiro atoms. The zero-order valence-corrected chi connectivity index (χ0v) is 21.4. The molecule has 36 heavy (non-hydrogen) atoms. The zero-order valence-electron chi connectivity index (χ0n) is 21.4. The Kier molecular flexibility index (Phi) is 7.71. The Morgan fingerprint density at radius 2 is 1.89 bits per heavy atom. The van der Waals surface area contributed by atoms with E-state index >= 15 is 0 Å². The topological polar surface area (TPSA) is 111 Å². The normalized spacial score (nSPS) is 24.7. The highest BCUT2D eigenvalue weighted by atomic mass is 16.5. The van der Waals surface area contributed by atoms with Gasteiger partial charge in [-0.1, -0.05) is 19.4 Å². The third kappa shape index (κ3) is 4.86. The van der Waals surface area contributed by atoms with Crippen molar-refractivity contribution in [3.63, 3.8) is 0 Å². The van der Waals surface area contributed by atoms with E-state index in [2.05, 4.69) is 5.32 Å². The molecule has 1 aromatic rings. The van der Waals surface area contributed by atoms with Crippen molar-refractivity contribution in [3.05, 3.63) is 46.3 Å². The molecule has 0 aromatic heterocycles. The number of hydrogen-bond acceptors (Lipinski definition) is 8. The number of rotatable bonds is 6. The number of Topliss-reactive ketones (excluding diaryl/α,β-unsaturated/α-hetero) is 1. The van der Waals surface area contributed by atoms with E-state index in [1.54, 1.807) is 26.0 Å². The second-order valence-electron chi connectivity index (χ2n) is 9.86. The van der Waals surface area contributed by atoms with Crippen LogP contribution in [0, 0.1) is 11.8 Å². The molecule has 1 aliphatic heterocycles. The van der Waals surface area contributed by atoms with Gasteiger partial charge in [0.25, 0.3) is 0 Å². The first-order valence-corrected chi connectivity index (χ1v) is 12.8. The second-order valence-corrected chi connectivity index (χ2v) is 9.86. The van der Waals surface area contributed by atoms with Crippen LogP contribution in [0.2, 0.25) is 0 Å². The van der Waals surface area contributed by atoms with Crippen molar-refractivity contribution in [2.75, 3.05) is 13.7 Å². The van der Waals surface area contributed by atoms with Gasteiger partial charge in [0.1, 0.15) is 12.0 Å². The number of hydrogen-bond donors (Lipinski definition) is 2. The van der Waals surface area contributed by atoms with Gasteiger partial charge in [-0.3, -0.25) is 9.59 Å². The van der Waals surface area contributed by atoms with E-state index in [1.807, 2.05) is 6.92 Å². The average molecular weight is 498 g/mol. The van der Waals surface area contributed by atoms with Gasteiger partial charge in [-0.15, -0.1) is 0 Å². The average Bonchev–Trinajstić information content (AvgIpc) is 2.85. The molecule has 0 unspecified atom stereocenters. The first kappa shape index (κ1) is 25.8. The van der Waals surface area contributed by atoms with E-state index in [4.69, 9.17) is 14.2 Å². The summed E-state index contributed by atoms with van der Waals surface area (Å²) >= 11 is 0. The molecule has 3 atom stereocenters. The van der Waals surface area contributed by atoms with E-state index < -0.39 is 23.8 Å². The minimum atomic E-state index is -0.962. The summed E-state index contributed by atoms with van der Waals surface area (Å²) in [5, 5.41) is 13.6. The highest BCUT2D eigenvalue weighted by Gasteiger charge is 2.47. The fourth-order valence-corrected chi connectivity index (χ4v) is 5.66. The van der Waals surface area contributed by atoms with Gasteiger partial charge >= 0.3 is 11.9 Å². The molecule has 0 saturated heterocycles. The molecular weight excluding hydrogens is 462 g/mol. The maximum absolute atomic E-state index is 13.8. The summed E-state index contributed by atoms with van der Waals surface area (Å²) in [6, 6.07) is 4.83. The van der Waals surface area contributed by atoms with E-state index in [0.717, 1.165) is 32.1 Å². The van der Waals surface area contributed by atoms with E-state index in [0.29, 0.717) is 41.1 Å². The van der Waals surface area contributed by atoms with Gasteiger partial charge in [-0.2, -0.15) is 0 Å². The summed E-state index contributed by atoms with van der Waals surface area (Å²) in [7, 11) is 1.27. The maximum Gasteiger partial charge on any atom is 0.337 e. The quantitative estimate of drug-likeness (QED) is 0.443. The second kappa shape index (κ2) is 10.8. The molecule has 8 nitrogen and oxygen atoms in total. The van der Waals surface area contributed by atoms with Crippen LogP contribution in [0.3, 0.4) is 0 Å². The molecule has 1 aromatic carbocycles. The fraction of sp³-hybridized carbons (Fsp3) is 0.536. The lowest BCUT2D eigenvalue weighted by Crippen LogP contribution is -2.43. The zero-order chi connectivity index (χ0) is 26.0. The fourth-order valence-electron chi connectivity index (χ4n) is 5.66. The first-order valence-electron chi connectivity index (χ1n) is 12.8. The maximum atomic E-state index is 13.8. The standard InChI is InChI=1S/C28H35NO7/c1-5-35-21-14-17(11-12-20(21)30)24-23(28(33)36-18-9-7-6-8-10-18)16(3)29-19-13-15(2)22(27(32)34-4)26(31)25(19)24/h11-12,14-15,18,22,24,29-30H,5-10,13H2,1-4H3/t15-,22+,24-/m0/s1. The highest BCUT2D eigenvalue weighted by molar-refractivity contribution is 6.12. The molecule has 0 radical (unpaired) electrons. The predicted octanol–water partition coefficient (Wildman–Crippen LogP) is 4.28. The van der Waals surface area contributed by atoms with Crippen LogP contribution in [0.4, 0.5) is 0 Å². The van der Waals surface area contributed by atoms with Crippen molar-refractivity contribution < 1.29 is 33.7 Å². The van der Waals surface area contributed by atoms with Crippen LogP contribution in [0.1, 0.15) is 70.8 Å². The lowest BCUT2D eigenvalue weighted by Gasteiger charge is -2.38. The third-order valence-electron chi connectivity index (χ3n) is 7.41. The van der Waals surface area contributed by atoms with Crippen LogP contribution < -0.4 is 10.1 Å². The van der Waals surface area contributed by atoms with Gasteiger partial charge in [-0.05, 0) is 69.6 Å². The van der Waals surface area contributed by atoms with E-state index in [-0.39, 0.29) is 29.3 Å². The number of ether oxygens (including phenoxy) is 3. The summed E-state index contributed by atoms with van der Waals surface area (Å²) in [4.78, 5) is 40.1. The molecule has 0 bridgehead atoms. The number of phenolic OH excluding ortho intramolecular Hbond substituents is 1. The molecule has 4 rings (SSSR count). The smallest absolute Gasteiger partial charge is 0.337 e. The van der Waals surface area contributed by atoms with Crippen molar-refractivity contribution >= 4 is 17.7 Å². The van der Waals surface area contributed by atoms with Crippen LogP contribution >= 0.6 is 0 Å². The molecule has 1 heterocycles.